The van der Waals surface area contributed by atoms with Crippen LogP contribution < -0.4 is 5.73 Å². The van der Waals surface area contributed by atoms with E-state index in [0.717, 1.165) is 25.7 Å². The summed E-state index contributed by atoms with van der Waals surface area (Å²) in [4.78, 5) is 16.3. The molecule has 5 heteroatoms. The van der Waals surface area contributed by atoms with Crippen LogP contribution in [0.25, 0.3) is 0 Å². The van der Waals surface area contributed by atoms with Gasteiger partial charge >= 0.3 is 5.97 Å². The first-order valence-electron chi connectivity index (χ1n) is 7.50. The van der Waals surface area contributed by atoms with Crippen LogP contribution in [-0.2, 0) is 9.53 Å². The minimum Gasteiger partial charge on any atom is -0.468 e. The van der Waals surface area contributed by atoms with E-state index in [1.807, 2.05) is 0 Å². The van der Waals surface area contributed by atoms with Crippen molar-refractivity contribution in [2.24, 2.45) is 5.73 Å². The van der Waals surface area contributed by atoms with Crippen LogP contribution in [0.3, 0.4) is 0 Å². The highest BCUT2D eigenvalue weighted by Crippen LogP contribution is 2.20. The molecular weight excluding hydrogens is 242 g/mol. The summed E-state index contributed by atoms with van der Waals surface area (Å²) in [5.41, 5.74) is 5.77. The average Bonchev–Trinajstić information content (AvgIpc) is 2.93. The topological polar surface area (TPSA) is 58.8 Å². The summed E-state index contributed by atoms with van der Waals surface area (Å²) >= 11 is 0. The highest BCUT2D eigenvalue weighted by atomic mass is 16.5. The van der Waals surface area contributed by atoms with Crippen molar-refractivity contribution >= 4 is 5.97 Å². The number of likely N-dealkylation sites (tertiary alicyclic amines) is 2. The van der Waals surface area contributed by atoms with Crippen LogP contribution in [-0.4, -0.2) is 67.7 Å². The van der Waals surface area contributed by atoms with Crippen molar-refractivity contribution in [3.8, 4) is 0 Å². The zero-order valence-electron chi connectivity index (χ0n) is 12.0. The van der Waals surface area contributed by atoms with Crippen LogP contribution in [0.4, 0.5) is 0 Å². The Morgan fingerprint density at radius 2 is 2.05 bits per heavy atom. The summed E-state index contributed by atoms with van der Waals surface area (Å²) in [6.07, 6.45) is 6.04. The number of ether oxygens (including phenoxy) is 1. The normalized spacial score (nSPS) is 27.4. The molecule has 2 saturated heterocycles. The van der Waals surface area contributed by atoms with Gasteiger partial charge < -0.3 is 15.4 Å². The average molecular weight is 269 g/mol. The van der Waals surface area contributed by atoms with E-state index in [1.165, 1.54) is 45.9 Å². The van der Waals surface area contributed by atoms with Gasteiger partial charge in [-0.1, -0.05) is 6.42 Å². The second kappa shape index (κ2) is 7.22. The van der Waals surface area contributed by atoms with Gasteiger partial charge in [0.05, 0.1) is 7.11 Å². The summed E-state index contributed by atoms with van der Waals surface area (Å²) in [5, 5.41) is 0. The summed E-state index contributed by atoms with van der Waals surface area (Å²) < 4.78 is 4.65. The van der Waals surface area contributed by atoms with Crippen LogP contribution >= 0.6 is 0 Å². The molecular formula is C14H27N3O2. The summed E-state index contributed by atoms with van der Waals surface area (Å²) in [5.74, 6) is -0.299. The molecule has 2 aliphatic heterocycles. The molecule has 2 atom stereocenters. The maximum atomic E-state index is 11.3. The molecule has 2 unspecified atom stereocenters. The molecule has 0 bridgehead atoms. The van der Waals surface area contributed by atoms with Gasteiger partial charge in [0, 0.05) is 19.1 Å². The molecule has 2 aliphatic rings. The van der Waals surface area contributed by atoms with E-state index in [0.29, 0.717) is 6.42 Å². The number of rotatable bonds is 5. The van der Waals surface area contributed by atoms with Gasteiger partial charge in [-0.05, 0) is 45.3 Å². The third-order valence-electron chi connectivity index (χ3n) is 4.41. The molecule has 0 spiro atoms. The molecule has 0 amide bonds. The summed E-state index contributed by atoms with van der Waals surface area (Å²) in [6, 6.07) is 0.244. The molecule has 2 rings (SSSR count). The lowest BCUT2D eigenvalue weighted by Crippen LogP contribution is -2.41. The Morgan fingerprint density at radius 3 is 2.74 bits per heavy atom. The third kappa shape index (κ3) is 4.16. The van der Waals surface area contributed by atoms with Crippen molar-refractivity contribution < 1.29 is 9.53 Å². The Morgan fingerprint density at radius 1 is 1.32 bits per heavy atom. The van der Waals surface area contributed by atoms with E-state index in [1.54, 1.807) is 0 Å². The van der Waals surface area contributed by atoms with Gasteiger partial charge in [0.25, 0.3) is 0 Å². The summed E-state index contributed by atoms with van der Waals surface area (Å²) in [6.45, 7) is 5.70. The molecule has 5 nitrogen and oxygen atoms in total. The predicted octanol–water partition coefficient (Wildman–Crippen LogP) is 0.437. The van der Waals surface area contributed by atoms with Crippen molar-refractivity contribution in [2.75, 3.05) is 39.8 Å². The SMILES string of the molecule is COC(=O)C(N)CCN1CCC(N2CCCCC2)C1. The third-order valence-corrected chi connectivity index (χ3v) is 4.41. The zero-order chi connectivity index (χ0) is 13.7. The number of hydrogen-bond donors (Lipinski definition) is 1. The standard InChI is InChI=1S/C14H27N3O2/c1-19-14(18)13(15)6-10-16-9-5-12(11-16)17-7-3-2-4-8-17/h12-13H,2-11,15H2,1H3. The van der Waals surface area contributed by atoms with Crippen molar-refractivity contribution in [3.05, 3.63) is 0 Å². The molecule has 2 N–H and O–H groups in total. The first-order valence-corrected chi connectivity index (χ1v) is 7.50. The Labute approximate surface area is 116 Å². The van der Waals surface area contributed by atoms with Crippen LogP contribution in [0.5, 0.6) is 0 Å². The van der Waals surface area contributed by atoms with E-state index >= 15 is 0 Å². The van der Waals surface area contributed by atoms with Gasteiger partial charge in [-0.3, -0.25) is 9.69 Å². The lowest BCUT2D eigenvalue weighted by atomic mass is 10.1. The number of nitrogens with zero attached hydrogens (tertiary/aromatic N) is 2. The van der Waals surface area contributed by atoms with Gasteiger partial charge in [-0.2, -0.15) is 0 Å². The number of methoxy groups -OCH3 is 1. The fourth-order valence-corrected chi connectivity index (χ4v) is 3.19. The number of esters is 1. The molecule has 19 heavy (non-hydrogen) atoms. The molecule has 110 valence electrons. The minimum atomic E-state index is -0.473. The van der Waals surface area contributed by atoms with Gasteiger partial charge in [0.15, 0.2) is 0 Å². The highest BCUT2D eigenvalue weighted by Gasteiger charge is 2.28. The second-order valence-corrected chi connectivity index (χ2v) is 5.76. The van der Waals surface area contributed by atoms with E-state index in [-0.39, 0.29) is 5.97 Å². The Hall–Kier alpha value is -0.650. The number of carbonyl (C=O) groups excluding carboxylic acids is 1. The van der Waals surface area contributed by atoms with Crippen molar-refractivity contribution in [3.63, 3.8) is 0 Å². The van der Waals surface area contributed by atoms with E-state index < -0.39 is 6.04 Å². The predicted molar refractivity (Wildman–Crippen MR) is 74.9 cm³/mol. The van der Waals surface area contributed by atoms with Crippen LogP contribution in [0.15, 0.2) is 0 Å². The Bertz CT molecular complexity index is 292. The fraction of sp³-hybridized carbons (Fsp3) is 0.929. The highest BCUT2D eigenvalue weighted by molar-refractivity contribution is 5.75. The Balaban J connectivity index is 1.68. The smallest absolute Gasteiger partial charge is 0.322 e. The quantitative estimate of drug-likeness (QED) is 0.734. The first kappa shape index (κ1) is 14.8. The van der Waals surface area contributed by atoms with Crippen molar-refractivity contribution in [1.29, 1.82) is 0 Å². The second-order valence-electron chi connectivity index (χ2n) is 5.76. The van der Waals surface area contributed by atoms with Crippen LogP contribution in [0.1, 0.15) is 32.1 Å². The Kier molecular flexibility index (Phi) is 5.60. The maximum absolute atomic E-state index is 11.3. The maximum Gasteiger partial charge on any atom is 0.322 e. The molecule has 0 aliphatic carbocycles. The molecule has 0 radical (unpaired) electrons. The number of carbonyl (C=O) groups is 1. The van der Waals surface area contributed by atoms with E-state index in [4.69, 9.17) is 5.73 Å². The minimum absolute atomic E-state index is 0.299. The molecule has 0 aromatic heterocycles. The zero-order valence-corrected chi connectivity index (χ0v) is 12.0. The van der Waals surface area contributed by atoms with Crippen molar-refractivity contribution in [2.45, 2.75) is 44.2 Å². The molecule has 2 heterocycles. The van der Waals surface area contributed by atoms with E-state index in [2.05, 4.69) is 14.5 Å². The molecule has 0 saturated carbocycles. The van der Waals surface area contributed by atoms with Crippen LogP contribution in [0, 0.1) is 0 Å². The number of nitrogens with two attached hydrogens (primary N) is 1. The van der Waals surface area contributed by atoms with Gasteiger partial charge in [-0.25, -0.2) is 0 Å². The van der Waals surface area contributed by atoms with Gasteiger partial charge in [-0.15, -0.1) is 0 Å². The summed E-state index contributed by atoms with van der Waals surface area (Å²) in [7, 11) is 1.39. The molecule has 0 aromatic carbocycles. The molecule has 0 aromatic rings. The lowest BCUT2D eigenvalue weighted by molar-refractivity contribution is -0.142. The number of piperidine rings is 1. The fourth-order valence-electron chi connectivity index (χ4n) is 3.19. The van der Waals surface area contributed by atoms with Gasteiger partial charge in [0.1, 0.15) is 6.04 Å². The monoisotopic (exact) mass is 269 g/mol. The number of hydrogen-bond acceptors (Lipinski definition) is 5. The first-order chi connectivity index (χ1) is 9.20. The van der Waals surface area contributed by atoms with E-state index in [9.17, 15) is 4.79 Å². The molecule has 2 fully saturated rings. The van der Waals surface area contributed by atoms with Crippen LogP contribution in [0.2, 0.25) is 0 Å². The van der Waals surface area contributed by atoms with Gasteiger partial charge in [0.2, 0.25) is 0 Å². The lowest BCUT2D eigenvalue weighted by Gasteiger charge is -2.32. The largest absolute Gasteiger partial charge is 0.468 e. The van der Waals surface area contributed by atoms with Crippen molar-refractivity contribution in [1.82, 2.24) is 9.80 Å².